The van der Waals surface area contributed by atoms with Gasteiger partial charge in [0, 0.05) is 41.3 Å². The molecule has 176 valence electrons. The molecule has 4 rings (SSSR count). The van der Waals surface area contributed by atoms with Crippen molar-refractivity contribution in [1.82, 2.24) is 9.88 Å². The minimum absolute atomic E-state index is 0.0205. The highest BCUT2D eigenvalue weighted by Crippen LogP contribution is 2.31. The number of methoxy groups -OCH3 is 1. The highest BCUT2D eigenvalue weighted by atomic mass is 35.5. The van der Waals surface area contributed by atoms with E-state index in [1.165, 1.54) is 7.11 Å². The van der Waals surface area contributed by atoms with Gasteiger partial charge in [-0.1, -0.05) is 49.2 Å². The molecule has 2 aromatic carbocycles. The molecule has 6 nitrogen and oxygen atoms in total. The third kappa shape index (κ3) is 6.02. The van der Waals surface area contributed by atoms with Gasteiger partial charge in [0.1, 0.15) is 0 Å². The fourth-order valence-electron chi connectivity index (χ4n) is 4.03. The van der Waals surface area contributed by atoms with Crippen LogP contribution in [0.5, 0.6) is 0 Å². The molecule has 2 heterocycles. The summed E-state index contributed by atoms with van der Waals surface area (Å²) in [5.41, 5.74) is 3.96. The van der Waals surface area contributed by atoms with Crippen LogP contribution in [0.25, 0.3) is 10.9 Å². The maximum absolute atomic E-state index is 12.4. The molecule has 1 aliphatic rings. The fraction of sp³-hybridized carbons (Fsp3) is 0.385. The second-order valence-electron chi connectivity index (χ2n) is 7.89. The third-order valence-electron chi connectivity index (χ3n) is 5.56. The van der Waals surface area contributed by atoms with Crippen molar-refractivity contribution in [2.24, 2.45) is 0 Å². The van der Waals surface area contributed by atoms with Gasteiger partial charge >= 0.3 is 5.97 Å². The van der Waals surface area contributed by atoms with E-state index in [9.17, 15) is 9.59 Å². The quantitative estimate of drug-likeness (QED) is 0.410. The number of aromatic nitrogens is 1. The molecule has 0 spiro atoms. The molecule has 1 saturated heterocycles. The van der Waals surface area contributed by atoms with Gasteiger partial charge in [-0.25, -0.2) is 4.79 Å². The Labute approximate surface area is 199 Å². The van der Waals surface area contributed by atoms with Gasteiger partial charge < -0.3 is 19.4 Å². The Kier molecular flexibility index (Phi) is 9.06. The number of nitrogens with one attached hydrogen (secondary N) is 1. The van der Waals surface area contributed by atoms with Crippen LogP contribution in [-0.2, 0) is 22.4 Å². The standard InChI is InChI=1S/C22H22ClNO3.C4H9NO/c1-4-7-19-21(14(2)25)17-11-10-15(22(26)27-3)12-20(17)24(19)13-16-8-5-6-9-18(16)23;1-3-6-4-2-5-1/h5-6,8-12H,4,7,13H2,1-3H3;5H,1-4H2. The molecule has 1 aliphatic heterocycles. The summed E-state index contributed by atoms with van der Waals surface area (Å²) in [4.78, 5) is 24.4. The maximum atomic E-state index is 12.4. The van der Waals surface area contributed by atoms with Crippen molar-refractivity contribution in [2.75, 3.05) is 33.4 Å². The van der Waals surface area contributed by atoms with Crippen LogP contribution in [0.3, 0.4) is 0 Å². The van der Waals surface area contributed by atoms with Crippen LogP contribution in [0.4, 0.5) is 0 Å². The van der Waals surface area contributed by atoms with E-state index >= 15 is 0 Å². The minimum atomic E-state index is -0.399. The molecule has 1 aromatic heterocycles. The Morgan fingerprint density at radius 2 is 1.88 bits per heavy atom. The lowest BCUT2D eigenvalue weighted by Crippen LogP contribution is -2.30. The predicted octanol–water partition coefficient (Wildman–Crippen LogP) is 4.89. The summed E-state index contributed by atoms with van der Waals surface area (Å²) in [6.07, 6.45) is 1.67. The number of benzene rings is 2. The predicted molar refractivity (Wildman–Crippen MR) is 132 cm³/mol. The Hall–Kier alpha value is -2.67. The molecule has 0 bridgehead atoms. The van der Waals surface area contributed by atoms with E-state index in [2.05, 4.69) is 16.8 Å². The van der Waals surface area contributed by atoms with Crippen molar-refractivity contribution < 1.29 is 19.1 Å². The van der Waals surface area contributed by atoms with Crippen molar-refractivity contribution in [3.63, 3.8) is 0 Å². The van der Waals surface area contributed by atoms with Gasteiger partial charge in [-0.2, -0.15) is 0 Å². The van der Waals surface area contributed by atoms with Crippen molar-refractivity contribution in [1.29, 1.82) is 0 Å². The number of carbonyl (C=O) groups excluding carboxylic acids is 2. The van der Waals surface area contributed by atoms with Gasteiger partial charge in [-0.3, -0.25) is 4.79 Å². The maximum Gasteiger partial charge on any atom is 0.337 e. The zero-order valence-electron chi connectivity index (χ0n) is 19.4. The largest absolute Gasteiger partial charge is 0.465 e. The molecular weight excluding hydrogens is 440 g/mol. The lowest BCUT2D eigenvalue weighted by atomic mass is 10.0. The van der Waals surface area contributed by atoms with Gasteiger partial charge in [-0.05, 0) is 37.1 Å². The summed E-state index contributed by atoms with van der Waals surface area (Å²) in [7, 11) is 1.36. The number of ether oxygens (including phenoxy) is 2. The zero-order chi connectivity index (χ0) is 23.8. The topological polar surface area (TPSA) is 69.6 Å². The molecule has 1 N–H and O–H groups in total. The summed E-state index contributed by atoms with van der Waals surface area (Å²) in [6.45, 7) is 8.03. The van der Waals surface area contributed by atoms with E-state index in [0.717, 1.165) is 66.9 Å². The molecule has 3 aromatic rings. The molecule has 7 heteroatoms. The van der Waals surface area contributed by atoms with Crippen LogP contribution in [0.15, 0.2) is 42.5 Å². The van der Waals surface area contributed by atoms with Gasteiger partial charge in [-0.15, -0.1) is 0 Å². The van der Waals surface area contributed by atoms with E-state index < -0.39 is 5.97 Å². The number of morpholine rings is 1. The second kappa shape index (κ2) is 12.0. The number of esters is 1. The first-order chi connectivity index (χ1) is 16.0. The first-order valence-corrected chi connectivity index (χ1v) is 11.6. The Morgan fingerprint density at radius 1 is 1.15 bits per heavy atom. The number of Topliss-reactive ketones (excluding diaryl/α,β-unsaturated/α-hetero) is 1. The van der Waals surface area contributed by atoms with Crippen molar-refractivity contribution in [3.8, 4) is 0 Å². The lowest BCUT2D eigenvalue weighted by molar-refractivity contribution is 0.0600. The number of rotatable bonds is 6. The van der Waals surface area contributed by atoms with E-state index in [1.54, 1.807) is 19.1 Å². The number of nitrogens with zero attached hydrogens (tertiary/aromatic N) is 1. The molecule has 0 aliphatic carbocycles. The number of hydrogen-bond acceptors (Lipinski definition) is 5. The highest BCUT2D eigenvalue weighted by Gasteiger charge is 2.21. The van der Waals surface area contributed by atoms with Crippen LogP contribution in [0.2, 0.25) is 5.02 Å². The smallest absolute Gasteiger partial charge is 0.337 e. The molecule has 0 amide bonds. The summed E-state index contributed by atoms with van der Waals surface area (Å²) in [5, 5.41) is 4.69. The highest BCUT2D eigenvalue weighted by molar-refractivity contribution is 6.31. The third-order valence-corrected chi connectivity index (χ3v) is 5.93. The van der Waals surface area contributed by atoms with Gasteiger partial charge in [0.05, 0.1) is 31.4 Å². The average molecular weight is 471 g/mol. The van der Waals surface area contributed by atoms with Crippen molar-refractivity contribution in [2.45, 2.75) is 33.2 Å². The van der Waals surface area contributed by atoms with Crippen LogP contribution in [0.1, 0.15) is 52.2 Å². The monoisotopic (exact) mass is 470 g/mol. The number of carbonyl (C=O) groups is 2. The summed E-state index contributed by atoms with van der Waals surface area (Å²) >= 11 is 6.37. The van der Waals surface area contributed by atoms with Crippen LogP contribution in [0, 0.1) is 0 Å². The van der Waals surface area contributed by atoms with Crippen LogP contribution >= 0.6 is 11.6 Å². The summed E-state index contributed by atoms with van der Waals surface area (Å²) in [5.74, 6) is -0.379. The Morgan fingerprint density at radius 3 is 2.42 bits per heavy atom. The van der Waals surface area contributed by atoms with Crippen LogP contribution in [-0.4, -0.2) is 49.7 Å². The Bertz CT molecular complexity index is 1110. The van der Waals surface area contributed by atoms with Gasteiger partial charge in [0.15, 0.2) is 5.78 Å². The number of ketones is 1. The number of hydrogen-bond donors (Lipinski definition) is 1. The SMILES string of the molecule is C1COCCN1.CCCc1c(C(C)=O)c2ccc(C(=O)OC)cc2n1Cc1ccccc1Cl. The van der Waals surface area contributed by atoms with E-state index in [4.69, 9.17) is 21.1 Å². The fourth-order valence-corrected chi connectivity index (χ4v) is 4.23. The normalized spacial score (nSPS) is 13.3. The molecule has 0 atom stereocenters. The average Bonchev–Trinajstić information content (AvgIpc) is 3.14. The number of halogens is 1. The minimum Gasteiger partial charge on any atom is -0.465 e. The number of fused-ring (bicyclic) bond motifs is 1. The van der Waals surface area contributed by atoms with Crippen LogP contribution < -0.4 is 5.32 Å². The first-order valence-electron chi connectivity index (χ1n) is 11.2. The van der Waals surface area contributed by atoms with E-state index in [-0.39, 0.29) is 5.78 Å². The van der Waals surface area contributed by atoms with E-state index in [0.29, 0.717) is 17.1 Å². The summed E-state index contributed by atoms with van der Waals surface area (Å²) in [6, 6.07) is 13.0. The zero-order valence-corrected chi connectivity index (χ0v) is 20.2. The van der Waals surface area contributed by atoms with Gasteiger partial charge in [0.2, 0.25) is 0 Å². The Balaban J connectivity index is 0.000000442. The molecule has 0 radical (unpaired) electrons. The molecule has 0 unspecified atom stereocenters. The van der Waals surface area contributed by atoms with E-state index in [1.807, 2.05) is 30.3 Å². The van der Waals surface area contributed by atoms with Gasteiger partial charge in [0.25, 0.3) is 0 Å². The molecule has 1 fully saturated rings. The second-order valence-corrected chi connectivity index (χ2v) is 8.30. The first kappa shape index (κ1) is 25.0. The molecular formula is C26H31ClN2O4. The van der Waals surface area contributed by atoms with Crippen molar-refractivity contribution >= 4 is 34.3 Å². The lowest BCUT2D eigenvalue weighted by Gasteiger charge is -2.13. The van der Waals surface area contributed by atoms with Crippen molar-refractivity contribution in [3.05, 3.63) is 69.9 Å². The molecule has 33 heavy (non-hydrogen) atoms. The summed E-state index contributed by atoms with van der Waals surface area (Å²) < 4.78 is 12.0. The molecule has 0 saturated carbocycles.